The molecule has 0 aromatic rings. The lowest BCUT2D eigenvalue weighted by atomic mass is 10.9. The first-order chi connectivity index (χ1) is 5.15. The third kappa shape index (κ3) is 1490. The molecule has 0 rings (SSSR count). The van der Waals surface area contributed by atoms with Gasteiger partial charge in [-0.25, -0.2) is 0 Å². The summed E-state index contributed by atoms with van der Waals surface area (Å²) in [6, 6.07) is 0. The molecule has 8 nitrogen and oxygen atoms in total. The molecule has 0 amide bonds. The van der Waals surface area contributed by atoms with Gasteiger partial charge in [0.05, 0.1) is 0 Å². The van der Waals surface area contributed by atoms with Crippen molar-refractivity contribution in [2.75, 3.05) is 6.61 Å². The maximum Gasteiger partial charge on any atom is 0.0402 e. The van der Waals surface area contributed by atoms with Crippen LogP contribution in [0.3, 0.4) is 0 Å². The summed E-state index contributed by atoms with van der Waals surface area (Å²) in [4.78, 5) is 34.0. The molecule has 0 aliphatic rings. The Morgan fingerprint density at radius 1 is 1.33 bits per heavy atom. The molecule has 1 N–H and O–H groups in total. The highest BCUT2D eigenvalue weighted by molar-refractivity contribution is 7.40. The molecule has 0 heterocycles. The first kappa shape index (κ1) is 17.4. The minimum atomic E-state index is -5.39. The van der Waals surface area contributed by atoms with E-state index in [2.05, 4.69) is 0 Å². The summed E-state index contributed by atoms with van der Waals surface area (Å²) in [5.41, 5.74) is 0. The van der Waals surface area contributed by atoms with Crippen LogP contribution in [0.1, 0.15) is 6.92 Å². The summed E-state index contributed by atoms with van der Waals surface area (Å²) in [5, 5.41) is 24.2. The molecule has 9 heteroatoms. The van der Waals surface area contributed by atoms with Gasteiger partial charge in [-0.15, -0.1) is 0 Å². The van der Waals surface area contributed by atoms with Crippen LogP contribution in [0.5, 0.6) is 0 Å². The highest BCUT2D eigenvalue weighted by atomic mass is 31.2. The minimum Gasteiger partial charge on any atom is -0.822 e. The third-order valence-corrected chi connectivity index (χ3v) is 0. The van der Waals surface area contributed by atoms with Gasteiger partial charge in [-0.1, -0.05) is 0 Å². The van der Waals surface area contributed by atoms with Crippen molar-refractivity contribution in [2.45, 2.75) is 6.92 Å². The monoisotopic (exact) mass is 201 g/mol. The van der Waals surface area contributed by atoms with E-state index in [0.29, 0.717) is 0 Å². The molecular weight excluding hydrogens is 195 g/mol. The van der Waals surface area contributed by atoms with Gasteiger partial charge in [0.2, 0.25) is 0 Å². The number of aliphatic hydroxyl groups excluding tert-OH is 1. The summed E-state index contributed by atoms with van der Waals surface area (Å²) in [6.07, 6.45) is -2.33. The molecule has 0 saturated heterocycles. The number of carbonyl (C=O) groups is 1. The van der Waals surface area contributed by atoms with Gasteiger partial charge in [-0.2, -0.15) is 7.82 Å². The summed E-state index contributed by atoms with van der Waals surface area (Å²) in [6.45, 7) is 1.93. The number of hydrogen-bond donors (Lipinski definition) is 1. The van der Waals surface area contributed by atoms with Crippen LogP contribution in [0.2, 0.25) is 0 Å². The summed E-state index contributed by atoms with van der Waals surface area (Å²) in [5.74, 6) is 0. The van der Waals surface area contributed by atoms with E-state index in [1.807, 2.05) is 0 Å². The molecule has 0 bridgehead atoms. The first-order valence-electron chi connectivity index (χ1n) is 2.37. The molecule has 0 radical (unpaired) electrons. The van der Waals surface area contributed by atoms with Crippen molar-refractivity contribution in [3.63, 3.8) is 0 Å². The molecule has 0 aromatic heterocycles. The standard InChI is InChI=1S/C2H6O.CH2O3.H3O4P/c1-2-3;2-1(3)4;1-5(2,3)4/h3H,2H2,1H3;(H2,2,3,4);(H3,1,2,3,4)/p-5. The Bertz CT molecular complexity index is 125. The van der Waals surface area contributed by atoms with Gasteiger partial charge in [0.1, 0.15) is 0 Å². The molecule has 0 saturated carbocycles. The average Bonchev–Trinajstić information content (AvgIpc) is 1.56. The fourth-order valence-electron chi connectivity index (χ4n) is 0. The van der Waals surface area contributed by atoms with Crippen LogP contribution in [0.25, 0.3) is 0 Å². The number of phosphoric acid groups is 1. The summed E-state index contributed by atoms with van der Waals surface area (Å²) < 4.78 is 8.55. The van der Waals surface area contributed by atoms with Crippen molar-refractivity contribution in [3.05, 3.63) is 0 Å². The first-order valence-corrected chi connectivity index (χ1v) is 3.83. The molecule has 0 fully saturated rings. The summed E-state index contributed by atoms with van der Waals surface area (Å²) >= 11 is 0. The molecule has 0 aliphatic carbocycles. The second-order valence-electron chi connectivity index (χ2n) is 1.01. The predicted molar refractivity (Wildman–Crippen MR) is 25.8 cm³/mol. The highest BCUT2D eigenvalue weighted by Crippen LogP contribution is 2.03. The van der Waals surface area contributed by atoms with Gasteiger partial charge in [0, 0.05) is 6.61 Å². The lowest BCUT2D eigenvalue weighted by Crippen LogP contribution is -2.37. The number of rotatable bonds is 0. The zero-order valence-electron chi connectivity index (χ0n) is 5.96. The fraction of sp³-hybridized carbons (Fsp3) is 0.667. The van der Waals surface area contributed by atoms with Crippen LogP contribution in [-0.2, 0) is 4.57 Å². The predicted octanol–water partition coefficient (Wildman–Crippen LogP) is -5.27. The Labute approximate surface area is 68.0 Å². The second-order valence-corrected chi connectivity index (χ2v) is 1.91. The largest absolute Gasteiger partial charge is 0.822 e. The zero-order valence-corrected chi connectivity index (χ0v) is 6.85. The lowest BCUT2D eigenvalue weighted by molar-refractivity contribution is -0.432. The Balaban J connectivity index is -0.000000105. The summed E-state index contributed by atoms with van der Waals surface area (Å²) in [7, 11) is -5.39. The Morgan fingerprint density at radius 2 is 1.33 bits per heavy atom. The molecule has 76 valence electrons. The topological polar surface area (TPSA) is 170 Å². The Hall–Kier alpha value is -0.660. The second kappa shape index (κ2) is 10.3. The quantitative estimate of drug-likeness (QED) is 0.378. The Kier molecular flexibility index (Phi) is 15.0. The van der Waals surface area contributed by atoms with Gasteiger partial charge >= 0.3 is 0 Å². The van der Waals surface area contributed by atoms with Gasteiger partial charge in [-0.05, 0) is 13.1 Å². The fourth-order valence-corrected chi connectivity index (χ4v) is 0. The van der Waals surface area contributed by atoms with Crippen molar-refractivity contribution < 1.29 is 39.4 Å². The maximum atomic E-state index is 8.55. The van der Waals surface area contributed by atoms with Crippen LogP contribution in [0.15, 0.2) is 0 Å². The molecule has 0 aliphatic heterocycles. The van der Waals surface area contributed by atoms with Gasteiger partial charge in [0.25, 0.3) is 0 Å². The maximum absolute atomic E-state index is 8.55. The van der Waals surface area contributed by atoms with Crippen LogP contribution < -0.4 is 24.9 Å². The van der Waals surface area contributed by atoms with Crippen molar-refractivity contribution in [1.82, 2.24) is 0 Å². The van der Waals surface area contributed by atoms with E-state index < -0.39 is 14.0 Å². The molecule has 12 heavy (non-hydrogen) atoms. The minimum absolute atomic E-state index is 0.250. The highest BCUT2D eigenvalue weighted by Gasteiger charge is 1.44. The Morgan fingerprint density at radius 3 is 1.33 bits per heavy atom. The average molecular weight is 201 g/mol. The van der Waals surface area contributed by atoms with E-state index in [-0.39, 0.29) is 6.61 Å². The molecule has 0 unspecified atom stereocenters. The van der Waals surface area contributed by atoms with Gasteiger partial charge in [-0.3, -0.25) is 0 Å². The molecule has 0 atom stereocenters. The van der Waals surface area contributed by atoms with E-state index in [4.69, 9.17) is 39.4 Å². The number of carbonyl (C=O) groups excluding carboxylic acids is 1. The van der Waals surface area contributed by atoms with Crippen LogP contribution in [-0.4, -0.2) is 17.9 Å². The van der Waals surface area contributed by atoms with Crippen molar-refractivity contribution in [1.29, 1.82) is 0 Å². The van der Waals surface area contributed by atoms with E-state index in [0.717, 1.165) is 0 Å². The van der Waals surface area contributed by atoms with Gasteiger partial charge in [0.15, 0.2) is 0 Å². The molecule has 0 spiro atoms. The third-order valence-electron chi connectivity index (χ3n) is 0. The van der Waals surface area contributed by atoms with Crippen LogP contribution in [0, 0.1) is 0 Å². The van der Waals surface area contributed by atoms with E-state index in [1.165, 1.54) is 0 Å². The van der Waals surface area contributed by atoms with Crippen LogP contribution >= 0.6 is 7.82 Å². The number of carboxylic acid groups (broad SMARTS) is 2. The van der Waals surface area contributed by atoms with Crippen molar-refractivity contribution in [3.8, 4) is 0 Å². The number of aliphatic hydroxyl groups is 1. The number of hydrogen-bond acceptors (Lipinski definition) is 8. The molecular formula is C3H6O8P-5. The van der Waals surface area contributed by atoms with E-state index in [1.54, 1.807) is 6.92 Å². The molecule has 0 aromatic carbocycles. The lowest BCUT2D eigenvalue weighted by Gasteiger charge is -2.36. The zero-order chi connectivity index (χ0) is 10.8. The van der Waals surface area contributed by atoms with Crippen LogP contribution in [0.4, 0.5) is 4.79 Å². The van der Waals surface area contributed by atoms with E-state index >= 15 is 0 Å². The van der Waals surface area contributed by atoms with Crippen molar-refractivity contribution >= 4 is 14.0 Å². The smallest absolute Gasteiger partial charge is 0.0402 e. The van der Waals surface area contributed by atoms with Gasteiger partial charge < -0.3 is 39.4 Å². The van der Waals surface area contributed by atoms with E-state index in [9.17, 15) is 0 Å². The van der Waals surface area contributed by atoms with Crippen molar-refractivity contribution in [2.24, 2.45) is 0 Å². The SMILES string of the molecule is CCO.O=C([O-])[O-].O=P([O-])([O-])[O-]. The normalized spacial score (nSPS) is 8.42.